The lowest BCUT2D eigenvalue weighted by Crippen LogP contribution is -2.60. The molecule has 1 spiro atoms. The standard InChI is InChI=1S/C26H32N4O2.C4H10.C3H6.2C2H6S.C2H6/c1-18-3-4-21(15-27-18)19(2)30-16-26(17-30)11-13-29(14-12-26)22-7-5-20(6-8-22)23-9-10-24(31)28-25(23)32;1-4(2)3;3*1-3-2;1-2/h3-8,15,19,23H,9-14,16-17H2,1-2H3,(H,28,31,32);4H,1-3H3;3H,1H2,2H3;2*1-2H3;1-2H3/t19-,23-;;;;;/m0...../s1. The van der Waals surface area contributed by atoms with Crippen molar-refractivity contribution in [1.82, 2.24) is 15.2 Å². The van der Waals surface area contributed by atoms with Crippen molar-refractivity contribution < 1.29 is 9.59 Å². The molecule has 2 aromatic rings. The van der Waals surface area contributed by atoms with E-state index >= 15 is 0 Å². The van der Waals surface area contributed by atoms with Crippen molar-refractivity contribution in [3.63, 3.8) is 0 Å². The molecule has 266 valence electrons. The largest absolute Gasteiger partial charge is 0.371 e. The van der Waals surface area contributed by atoms with Crippen LogP contribution in [0.15, 0.2) is 55.3 Å². The maximum Gasteiger partial charge on any atom is 0.234 e. The molecule has 1 aromatic carbocycles. The summed E-state index contributed by atoms with van der Waals surface area (Å²) in [7, 11) is 0. The Hall–Kier alpha value is -2.29. The van der Waals surface area contributed by atoms with Crippen LogP contribution in [0.4, 0.5) is 5.69 Å². The molecule has 0 bridgehead atoms. The third-order valence-corrected chi connectivity index (χ3v) is 7.77. The molecule has 0 radical (unpaired) electrons. The number of rotatable bonds is 4. The molecule has 1 aromatic heterocycles. The lowest BCUT2D eigenvalue weighted by molar-refractivity contribution is -0.134. The number of hydrogen-bond acceptors (Lipinski definition) is 7. The molecule has 5 rings (SSSR count). The quantitative estimate of drug-likeness (QED) is 0.254. The van der Waals surface area contributed by atoms with Crippen molar-refractivity contribution in [3.05, 3.63) is 72.1 Å². The van der Waals surface area contributed by atoms with E-state index in [1.54, 1.807) is 29.6 Å². The van der Waals surface area contributed by atoms with Crippen LogP contribution in [0.5, 0.6) is 0 Å². The van der Waals surface area contributed by atoms with Crippen LogP contribution >= 0.6 is 23.5 Å². The fraction of sp³-hybridized carbons (Fsp3) is 0.615. The highest BCUT2D eigenvalue weighted by atomic mass is 32.2. The number of benzene rings is 1. The molecule has 2 amide bonds. The molecule has 3 fully saturated rings. The van der Waals surface area contributed by atoms with Gasteiger partial charge < -0.3 is 4.90 Å². The number of carbonyl (C=O) groups excluding carboxylic acids is 2. The highest BCUT2D eigenvalue weighted by Gasteiger charge is 2.46. The molecule has 6 nitrogen and oxygen atoms in total. The lowest BCUT2D eigenvalue weighted by Gasteiger charge is -2.56. The van der Waals surface area contributed by atoms with Crippen LogP contribution < -0.4 is 10.2 Å². The molecule has 3 aliphatic rings. The third kappa shape index (κ3) is 16.1. The second-order valence-electron chi connectivity index (χ2n) is 12.9. The minimum Gasteiger partial charge on any atom is -0.371 e. The first-order valence-corrected chi connectivity index (χ1v) is 20.4. The summed E-state index contributed by atoms with van der Waals surface area (Å²) in [5, 5.41) is 2.46. The van der Waals surface area contributed by atoms with Gasteiger partial charge in [-0.25, -0.2) is 0 Å². The number of piperidine rings is 2. The van der Waals surface area contributed by atoms with E-state index in [0.29, 0.717) is 24.3 Å². The molecule has 47 heavy (non-hydrogen) atoms. The number of pyridine rings is 1. The van der Waals surface area contributed by atoms with E-state index in [1.165, 1.54) is 37.2 Å². The van der Waals surface area contributed by atoms with Crippen molar-refractivity contribution in [2.24, 2.45) is 11.3 Å². The molecule has 0 saturated carbocycles. The van der Waals surface area contributed by atoms with Crippen molar-refractivity contribution in [2.45, 2.75) is 93.0 Å². The van der Waals surface area contributed by atoms with Gasteiger partial charge in [0.1, 0.15) is 0 Å². The molecule has 2 atom stereocenters. The number of likely N-dealkylation sites (tertiary alicyclic amines) is 1. The number of allylic oxidation sites excluding steroid dienone is 1. The van der Waals surface area contributed by atoms with Gasteiger partial charge in [-0.05, 0) is 106 Å². The maximum atomic E-state index is 12.1. The lowest BCUT2D eigenvalue weighted by atomic mass is 9.71. The number of thioether (sulfide) groups is 2. The Balaban J connectivity index is 0.00000121. The van der Waals surface area contributed by atoms with E-state index < -0.39 is 0 Å². The average Bonchev–Trinajstić information content (AvgIpc) is 3.02. The number of hydrogen-bond donors (Lipinski definition) is 1. The van der Waals surface area contributed by atoms with Crippen molar-refractivity contribution in [1.29, 1.82) is 0 Å². The zero-order valence-electron chi connectivity index (χ0n) is 31.7. The van der Waals surface area contributed by atoms with Crippen LogP contribution in [-0.4, -0.2) is 72.9 Å². The van der Waals surface area contributed by atoms with Gasteiger partial charge in [0.05, 0.1) is 5.92 Å². The summed E-state index contributed by atoms with van der Waals surface area (Å²) >= 11 is 3.50. The van der Waals surface area contributed by atoms with Gasteiger partial charge in [0.2, 0.25) is 11.8 Å². The first-order chi connectivity index (χ1) is 22.4. The van der Waals surface area contributed by atoms with Crippen molar-refractivity contribution in [2.75, 3.05) is 56.1 Å². The number of amides is 2. The zero-order chi connectivity index (χ0) is 36.0. The first kappa shape index (κ1) is 44.7. The Morgan fingerprint density at radius 2 is 1.43 bits per heavy atom. The van der Waals surface area contributed by atoms with Crippen LogP contribution in [0.1, 0.15) is 103 Å². The Bertz CT molecular complexity index is 1120. The van der Waals surface area contributed by atoms with Gasteiger partial charge in [-0.2, -0.15) is 23.5 Å². The fourth-order valence-electron chi connectivity index (χ4n) is 5.51. The van der Waals surface area contributed by atoms with E-state index in [0.717, 1.165) is 30.3 Å². The van der Waals surface area contributed by atoms with E-state index in [2.05, 4.69) is 90.8 Å². The van der Waals surface area contributed by atoms with Gasteiger partial charge in [0, 0.05) is 56.2 Å². The Labute approximate surface area is 297 Å². The van der Waals surface area contributed by atoms with Crippen LogP contribution in [0.25, 0.3) is 0 Å². The van der Waals surface area contributed by atoms with Crippen LogP contribution in [0.2, 0.25) is 0 Å². The van der Waals surface area contributed by atoms with Crippen molar-refractivity contribution in [3.8, 4) is 0 Å². The number of anilines is 1. The van der Waals surface area contributed by atoms with E-state index in [-0.39, 0.29) is 17.7 Å². The molecule has 0 aliphatic carbocycles. The number of aromatic nitrogens is 1. The van der Waals surface area contributed by atoms with E-state index in [1.807, 2.05) is 58.9 Å². The summed E-state index contributed by atoms with van der Waals surface area (Å²) in [4.78, 5) is 33.0. The smallest absolute Gasteiger partial charge is 0.234 e. The van der Waals surface area contributed by atoms with Crippen LogP contribution in [-0.2, 0) is 9.59 Å². The number of imide groups is 1. The number of carbonyl (C=O) groups is 2. The van der Waals surface area contributed by atoms with Crippen LogP contribution in [0.3, 0.4) is 0 Å². The van der Waals surface area contributed by atoms with Gasteiger partial charge >= 0.3 is 0 Å². The number of aryl methyl sites for hydroxylation is 1. The molecule has 1 N–H and O–H groups in total. The predicted molar refractivity (Wildman–Crippen MR) is 211 cm³/mol. The monoisotopic (exact) mass is 686 g/mol. The summed E-state index contributed by atoms with van der Waals surface area (Å²) in [6.07, 6.45) is 15.4. The van der Waals surface area contributed by atoms with Gasteiger partial charge in [0.25, 0.3) is 0 Å². The van der Waals surface area contributed by atoms with Crippen LogP contribution in [0, 0.1) is 18.3 Å². The number of nitrogens with one attached hydrogen (secondary N) is 1. The van der Waals surface area contributed by atoms with Gasteiger partial charge in [-0.1, -0.05) is 58.9 Å². The Morgan fingerprint density at radius 3 is 1.85 bits per heavy atom. The molecule has 0 unspecified atom stereocenters. The Morgan fingerprint density at radius 1 is 0.936 bits per heavy atom. The SMILES string of the molecule is C=CC.CC.CC(C)C.CSC.CSC.Cc1ccc([C@H](C)N2CC3(CCN(c4ccc([C@@H]5CCC(=O)NC5=O)cc4)CC3)C2)cn1. The molecule has 4 heterocycles. The molecular weight excluding hydrogens is 621 g/mol. The topological polar surface area (TPSA) is 65.5 Å². The summed E-state index contributed by atoms with van der Waals surface area (Å²) in [6, 6.07) is 13.1. The second kappa shape index (κ2) is 24.8. The predicted octanol–water partition coefficient (Wildman–Crippen LogP) is 9.41. The molecule has 3 aliphatic heterocycles. The molecular formula is C39H66N4O2S2. The summed E-state index contributed by atoms with van der Waals surface area (Å²) in [5.41, 5.74) is 5.06. The zero-order valence-corrected chi connectivity index (χ0v) is 33.3. The van der Waals surface area contributed by atoms with E-state index in [9.17, 15) is 9.59 Å². The highest BCUT2D eigenvalue weighted by Crippen LogP contribution is 2.44. The average molecular weight is 687 g/mol. The first-order valence-electron chi connectivity index (χ1n) is 17.1. The summed E-state index contributed by atoms with van der Waals surface area (Å²) in [6.45, 7) is 24.6. The minimum atomic E-state index is -0.210. The number of nitrogens with zero attached hydrogens (tertiary/aromatic N) is 3. The summed E-state index contributed by atoms with van der Waals surface area (Å²) < 4.78 is 0. The third-order valence-electron chi connectivity index (χ3n) is 7.77. The summed E-state index contributed by atoms with van der Waals surface area (Å²) in [5.74, 6) is 0.293. The minimum absolute atomic E-state index is 0.162. The van der Waals surface area contributed by atoms with Gasteiger partial charge in [0.15, 0.2) is 0 Å². The molecule has 3 saturated heterocycles. The normalized spacial score (nSPS) is 18.4. The molecule has 8 heteroatoms. The maximum absolute atomic E-state index is 12.1. The van der Waals surface area contributed by atoms with Crippen molar-refractivity contribution >= 4 is 41.0 Å². The van der Waals surface area contributed by atoms with E-state index in [4.69, 9.17) is 0 Å². The van der Waals surface area contributed by atoms with Gasteiger partial charge in [-0.15, -0.1) is 6.58 Å². The fourth-order valence-corrected chi connectivity index (χ4v) is 5.51. The highest BCUT2D eigenvalue weighted by molar-refractivity contribution is 7.98. The second-order valence-corrected chi connectivity index (χ2v) is 14.5. The Kier molecular flexibility index (Phi) is 23.6. The van der Waals surface area contributed by atoms with Gasteiger partial charge in [-0.3, -0.25) is 24.8 Å².